The number of aryl methyl sites for hydroxylation is 3. The summed E-state index contributed by atoms with van der Waals surface area (Å²) in [5, 5.41) is 5.33. The molecule has 0 aromatic heterocycles. The lowest BCUT2D eigenvalue weighted by atomic mass is 10.1. The number of benzene rings is 2. The zero-order valence-corrected chi connectivity index (χ0v) is 14.2. The highest BCUT2D eigenvalue weighted by molar-refractivity contribution is 5.95. The van der Waals surface area contributed by atoms with E-state index in [4.69, 9.17) is 4.74 Å². The molecule has 126 valence electrons. The molecule has 2 aromatic rings. The van der Waals surface area contributed by atoms with Crippen LogP contribution in [0.15, 0.2) is 42.5 Å². The van der Waals surface area contributed by atoms with Gasteiger partial charge < -0.3 is 15.4 Å². The number of nitrogens with one attached hydrogen (secondary N) is 2. The van der Waals surface area contributed by atoms with E-state index in [-0.39, 0.29) is 25.0 Å². The lowest BCUT2D eigenvalue weighted by Crippen LogP contribution is -2.35. The van der Waals surface area contributed by atoms with Crippen molar-refractivity contribution in [3.8, 4) is 5.75 Å². The summed E-state index contributed by atoms with van der Waals surface area (Å²) in [7, 11) is 0. The third-order valence-corrected chi connectivity index (χ3v) is 3.50. The maximum absolute atomic E-state index is 11.9. The Kier molecular flexibility index (Phi) is 5.95. The molecular weight excluding hydrogens is 304 g/mol. The second kappa shape index (κ2) is 8.15. The molecule has 2 aromatic carbocycles. The van der Waals surface area contributed by atoms with E-state index in [1.807, 2.05) is 51.1 Å². The first-order valence-electron chi connectivity index (χ1n) is 7.77. The molecule has 0 saturated carbocycles. The van der Waals surface area contributed by atoms with Crippen LogP contribution in [0.5, 0.6) is 5.75 Å². The van der Waals surface area contributed by atoms with Gasteiger partial charge in [-0.2, -0.15) is 0 Å². The summed E-state index contributed by atoms with van der Waals surface area (Å²) in [6.07, 6.45) is 0. The largest absolute Gasteiger partial charge is 0.484 e. The normalized spacial score (nSPS) is 10.1. The summed E-state index contributed by atoms with van der Waals surface area (Å²) in [6.45, 7) is 5.64. The minimum atomic E-state index is -0.341. The number of anilines is 1. The zero-order valence-electron chi connectivity index (χ0n) is 14.2. The van der Waals surface area contributed by atoms with Crippen molar-refractivity contribution in [3.05, 3.63) is 59.2 Å². The van der Waals surface area contributed by atoms with Crippen LogP contribution in [0.4, 0.5) is 5.69 Å². The fourth-order valence-electron chi connectivity index (χ4n) is 2.08. The molecule has 5 heteroatoms. The molecule has 0 aliphatic heterocycles. The predicted molar refractivity (Wildman–Crippen MR) is 94.2 cm³/mol. The fourth-order valence-corrected chi connectivity index (χ4v) is 2.08. The Bertz CT molecular complexity index is 724. The van der Waals surface area contributed by atoms with Gasteiger partial charge in [-0.3, -0.25) is 9.59 Å². The van der Waals surface area contributed by atoms with Crippen molar-refractivity contribution in [1.82, 2.24) is 5.32 Å². The molecule has 5 nitrogen and oxygen atoms in total. The zero-order chi connectivity index (χ0) is 17.5. The number of hydrogen-bond donors (Lipinski definition) is 2. The molecular formula is C19H22N2O3. The van der Waals surface area contributed by atoms with E-state index in [0.29, 0.717) is 5.75 Å². The van der Waals surface area contributed by atoms with Crippen LogP contribution in [0.3, 0.4) is 0 Å². The Morgan fingerprint density at radius 3 is 2.29 bits per heavy atom. The SMILES string of the molecule is Cc1ccc(OCC(=O)NCC(=O)Nc2cc(C)ccc2C)cc1. The van der Waals surface area contributed by atoms with Gasteiger partial charge in [0.05, 0.1) is 6.54 Å². The highest BCUT2D eigenvalue weighted by Crippen LogP contribution is 2.16. The number of rotatable bonds is 6. The number of amides is 2. The van der Waals surface area contributed by atoms with Crippen molar-refractivity contribution >= 4 is 17.5 Å². The summed E-state index contributed by atoms with van der Waals surface area (Å²) in [6, 6.07) is 13.2. The van der Waals surface area contributed by atoms with Crippen LogP contribution in [0, 0.1) is 20.8 Å². The number of ether oxygens (including phenoxy) is 1. The van der Waals surface area contributed by atoms with Gasteiger partial charge in [0.1, 0.15) is 5.75 Å². The Labute approximate surface area is 142 Å². The van der Waals surface area contributed by atoms with Gasteiger partial charge in [-0.25, -0.2) is 0 Å². The molecule has 0 radical (unpaired) electrons. The van der Waals surface area contributed by atoms with Crippen molar-refractivity contribution in [1.29, 1.82) is 0 Å². The van der Waals surface area contributed by atoms with E-state index in [1.54, 1.807) is 12.1 Å². The molecule has 0 atom stereocenters. The van der Waals surface area contributed by atoms with Crippen LogP contribution < -0.4 is 15.4 Å². The molecule has 0 unspecified atom stereocenters. The van der Waals surface area contributed by atoms with Crippen LogP contribution in [0.2, 0.25) is 0 Å². The number of hydrogen-bond acceptors (Lipinski definition) is 3. The Morgan fingerprint density at radius 1 is 0.917 bits per heavy atom. The average molecular weight is 326 g/mol. The molecule has 0 fully saturated rings. The monoisotopic (exact) mass is 326 g/mol. The summed E-state index contributed by atoms with van der Waals surface area (Å²) in [5.41, 5.74) is 3.91. The maximum Gasteiger partial charge on any atom is 0.258 e. The van der Waals surface area contributed by atoms with Crippen molar-refractivity contribution < 1.29 is 14.3 Å². The average Bonchev–Trinajstić information content (AvgIpc) is 2.56. The predicted octanol–water partition coefficient (Wildman–Crippen LogP) is 2.75. The van der Waals surface area contributed by atoms with Crippen LogP contribution in [-0.2, 0) is 9.59 Å². The van der Waals surface area contributed by atoms with Crippen LogP contribution in [-0.4, -0.2) is 25.0 Å². The van der Waals surface area contributed by atoms with Crippen LogP contribution >= 0.6 is 0 Å². The topological polar surface area (TPSA) is 67.4 Å². The summed E-state index contributed by atoms with van der Waals surface area (Å²) in [4.78, 5) is 23.7. The molecule has 2 N–H and O–H groups in total. The summed E-state index contributed by atoms with van der Waals surface area (Å²) in [5.74, 6) is 0.00895. The van der Waals surface area contributed by atoms with Crippen molar-refractivity contribution in [2.75, 3.05) is 18.5 Å². The second-order valence-electron chi connectivity index (χ2n) is 5.75. The summed E-state index contributed by atoms with van der Waals surface area (Å²) >= 11 is 0. The van der Waals surface area contributed by atoms with E-state index in [2.05, 4.69) is 10.6 Å². The third kappa shape index (κ3) is 5.43. The molecule has 2 amide bonds. The molecule has 0 saturated heterocycles. The minimum absolute atomic E-state index is 0.0938. The van der Waals surface area contributed by atoms with Crippen molar-refractivity contribution in [3.63, 3.8) is 0 Å². The van der Waals surface area contributed by atoms with Gasteiger partial charge in [-0.15, -0.1) is 0 Å². The van der Waals surface area contributed by atoms with Gasteiger partial charge in [0.15, 0.2) is 6.61 Å². The molecule has 0 heterocycles. The fraction of sp³-hybridized carbons (Fsp3) is 0.263. The third-order valence-electron chi connectivity index (χ3n) is 3.50. The van der Waals surface area contributed by atoms with Crippen LogP contribution in [0.1, 0.15) is 16.7 Å². The molecule has 0 aliphatic rings. The van der Waals surface area contributed by atoms with Gasteiger partial charge in [-0.05, 0) is 50.1 Å². The van der Waals surface area contributed by atoms with E-state index < -0.39 is 0 Å². The van der Waals surface area contributed by atoms with Gasteiger partial charge in [0.25, 0.3) is 5.91 Å². The van der Waals surface area contributed by atoms with E-state index in [1.165, 1.54) is 0 Å². The van der Waals surface area contributed by atoms with Gasteiger partial charge >= 0.3 is 0 Å². The van der Waals surface area contributed by atoms with E-state index in [9.17, 15) is 9.59 Å². The van der Waals surface area contributed by atoms with Gasteiger partial charge in [0.2, 0.25) is 5.91 Å². The number of carbonyl (C=O) groups excluding carboxylic acids is 2. The highest BCUT2D eigenvalue weighted by Gasteiger charge is 2.08. The molecule has 0 spiro atoms. The standard InChI is InChI=1S/C19H22N2O3/c1-13-5-8-16(9-6-13)24-12-19(23)20-11-18(22)21-17-10-14(2)4-7-15(17)3/h4-10H,11-12H2,1-3H3,(H,20,23)(H,21,22). The van der Waals surface area contributed by atoms with Crippen molar-refractivity contribution in [2.45, 2.75) is 20.8 Å². The lowest BCUT2D eigenvalue weighted by molar-refractivity contribution is -0.125. The Morgan fingerprint density at radius 2 is 1.58 bits per heavy atom. The quantitative estimate of drug-likeness (QED) is 0.858. The van der Waals surface area contributed by atoms with E-state index in [0.717, 1.165) is 22.4 Å². The smallest absolute Gasteiger partial charge is 0.258 e. The number of carbonyl (C=O) groups is 2. The Balaban J connectivity index is 1.75. The van der Waals surface area contributed by atoms with Crippen LogP contribution in [0.25, 0.3) is 0 Å². The maximum atomic E-state index is 11.9. The Hall–Kier alpha value is -2.82. The highest BCUT2D eigenvalue weighted by atomic mass is 16.5. The summed E-state index contributed by atoms with van der Waals surface area (Å²) < 4.78 is 5.36. The molecule has 0 bridgehead atoms. The van der Waals surface area contributed by atoms with Gasteiger partial charge in [-0.1, -0.05) is 29.8 Å². The molecule has 24 heavy (non-hydrogen) atoms. The van der Waals surface area contributed by atoms with Gasteiger partial charge in [0, 0.05) is 5.69 Å². The first-order chi connectivity index (χ1) is 11.4. The lowest BCUT2D eigenvalue weighted by Gasteiger charge is -2.10. The molecule has 2 rings (SSSR count). The molecule has 0 aliphatic carbocycles. The second-order valence-corrected chi connectivity index (χ2v) is 5.75. The van der Waals surface area contributed by atoms with Crippen molar-refractivity contribution in [2.24, 2.45) is 0 Å². The van der Waals surface area contributed by atoms with E-state index >= 15 is 0 Å². The minimum Gasteiger partial charge on any atom is -0.484 e. The first kappa shape index (κ1) is 17.5. The first-order valence-corrected chi connectivity index (χ1v) is 7.77.